The molecule has 118 valence electrons. The largest absolute Gasteiger partial charge is 0.329 e. The topological polar surface area (TPSA) is 20.3 Å². The first kappa shape index (κ1) is 15.1. The summed E-state index contributed by atoms with van der Waals surface area (Å²) in [5, 5.41) is 0. The number of carbonyl (C=O) groups excluding carboxylic acids is 1. The fourth-order valence-corrected chi connectivity index (χ4v) is 4.68. The minimum atomic E-state index is 0.384. The summed E-state index contributed by atoms with van der Waals surface area (Å²) in [6.45, 7) is 2.29. The zero-order chi connectivity index (χ0) is 14.7. The number of hydrogen-bond donors (Lipinski definition) is 0. The summed E-state index contributed by atoms with van der Waals surface area (Å²) in [4.78, 5) is 15.3. The van der Waals surface area contributed by atoms with Crippen LogP contribution in [0.4, 0.5) is 0 Å². The maximum atomic E-state index is 13.0. The standard InChI is InChI=1S/C19H31NO/c1-15-17-13-9-5-6-10-14-18(17)19(21)20(15)16-11-7-3-2-4-8-12-16/h15-16H,2-14H2,1H3. The first-order chi connectivity index (χ1) is 10.3. The van der Waals surface area contributed by atoms with Crippen molar-refractivity contribution in [3.05, 3.63) is 11.1 Å². The first-order valence-electron chi connectivity index (χ1n) is 9.33. The van der Waals surface area contributed by atoms with Crippen molar-refractivity contribution in [3.63, 3.8) is 0 Å². The van der Waals surface area contributed by atoms with Crippen LogP contribution in [0.1, 0.15) is 90.4 Å². The molecular weight excluding hydrogens is 258 g/mol. The van der Waals surface area contributed by atoms with Crippen molar-refractivity contribution < 1.29 is 4.79 Å². The van der Waals surface area contributed by atoms with E-state index in [9.17, 15) is 4.79 Å². The maximum absolute atomic E-state index is 13.0. The average Bonchev–Trinajstić information content (AvgIpc) is 2.61. The highest BCUT2D eigenvalue weighted by atomic mass is 16.2. The molecule has 1 heterocycles. The fourth-order valence-electron chi connectivity index (χ4n) is 4.68. The van der Waals surface area contributed by atoms with E-state index in [2.05, 4.69) is 11.8 Å². The summed E-state index contributed by atoms with van der Waals surface area (Å²) in [5.41, 5.74) is 2.71. The van der Waals surface area contributed by atoms with Gasteiger partial charge in [0, 0.05) is 11.6 Å². The van der Waals surface area contributed by atoms with Crippen LogP contribution in [0, 0.1) is 0 Å². The van der Waals surface area contributed by atoms with Gasteiger partial charge in [0.2, 0.25) is 0 Å². The van der Waals surface area contributed by atoms with Gasteiger partial charge in [0.15, 0.2) is 0 Å². The Morgan fingerprint density at radius 1 is 0.810 bits per heavy atom. The Morgan fingerprint density at radius 2 is 1.38 bits per heavy atom. The molecule has 1 fully saturated rings. The van der Waals surface area contributed by atoms with Gasteiger partial charge in [-0.1, -0.05) is 44.9 Å². The lowest BCUT2D eigenvalue weighted by molar-refractivity contribution is -0.129. The molecule has 2 nitrogen and oxygen atoms in total. The summed E-state index contributed by atoms with van der Waals surface area (Å²) in [5.74, 6) is 0.407. The highest BCUT2D eigenvalue weighted by Gasteiger charge is 2.39. The van der Waals surface area contributed by atoms with E-state index in [4.69, 9.17) is 0 Å². The van der Waals surface area contributed by atoms with Crippen LogP contribution in [0.5, 0.6) is 0 Å². The Labute approximate surface area is 130 Å². The summed E-state index contributed by atoms with van der Waals surface area (Å²) in [6, 6.07) is 0.899. The van der Waals surface area contributed by atoms with Crippen LogP contribution in [0.3, 0.4) is 0 Å². The Morgan fingerprint density at radius 3 is 2.10 bits per heavy atom. The second kappa shape index (κ2) is 6.98. The summed E-state index contributed by atoms with van der Waals surface area (Å²) >= 11 is 0. The minimum Gasteiger partial charge on any atom is -0.329 e. The van der Waals surface area contributed by atoms with Crippen LogP contribution in [0.25, 0.3) is 0 Å². The number of amides is 1. The third kappa shape index (κ3) is 3.19. The monoisotopic (exact) mass is 289 g/mol. The van der Waals surface area contributed by atoms with Crippen molar-refractivity contribution in [1.29, 1.82) is 0 Å². The SMILES string of the molecule is CC1C2=C(CCCCCC2)C(=O)N1C1CCCCCCC1. The van der Waals surface area contributed by atoms with Crippen LogP contribution in [-0.2, 0) is 4.79 Å². The highest BCUT2D eigenvalue weighted by Crippen LogP contribution is 2.37. The highest BCUT2D eigenvalue weighted by molar-refractivity contribution is 5.97. The molecule has 1 saturated carbocycles. The van der Waals surface area contributed by atoms with E-state index in [1.165, 1.54) is 88.2 Å². The molecule has 0 radical (unpaired) electrons. The lowest BCUT2D eigenvalue weighted by Crippen LogP contribution is -2.43. The predicted molar refractivity (Wildman–Crippen MR) is 87.1 cm³/mol. The molecule has 0 aromatic carbocycles. The zero-order valence-electron chi connectivity index (χ0n) is 13.7. The van der Waals surface area contributed by atoms with Gasteiger partial charge < -0.3 is 4.90 Å². The zero-order valence-corrected chi connectivity index (χ0v) is 13.7. The quantitative estimate of drug-likeness (QED) is 0.666. The van der Waals surface area contributed by atoms with Gasteiger partial charge in [-0.3, -0.25) is 4.79 Å². The maximum Gasteiger partial charge on any atom is 0.250 e. The third-order valence-corrected chi connectivity index (χ3v) is 5.89. The van der Waals surface area contributed by atoms with Gasteiger partial charge in [0.25, 0.3) is 5.91 Å². The van der Waals surface area contributed by atoms with E-state index < -0.39 is 0 Å². The van der Waals surface area contributed by atoms with E-state index in [0.29, 0.717) is 18.0 Å². The van der Waals surface area contributed by atoms with Crippen molar-refractivity contribution in [1.82, 2.24) is 4.90 Å². The van der Waals surface area contributed by atoms with Gasteiger partial charge >= 0.3 is 0 Å². The molecule has 0 aromatic heterocycles. The van der Waals surface area contributed by atoms with Crippen molar-refractivity contribution in [2.75, 3.05) is 0 Å². The summed E-state index contributed by atoms with van der Waals surface area (Å²) in [7, 11) is 0. The van der Waals surface area contributed by atoms with Crippen molar-refractivity contribution in [2.24, 2.45) is 0 Å². The molecule has 3 aliphatic rings. The van der Waals surface area contributed by atoms with Crippen molar-refractivity contribution in [3.8, 4) is 0 Å². The van der Waals surface area contributed by atoms with Gasteiger partial charge in [-0.2, -0.15) is 0 Å². The number of carbonyl (C=O) groups is 1. The van der Waals surface area contributed by atoms with Gasteiger partial charge in [-0.15, -0.1) is 0 Å². The molecule has 1 amide bonds. The average molecular weight is 289 g/mol. The van der Waals surface area contributed by atoms with Crippen molar-refractivity contribution in [2.45, 2.75) is 102 Å². The molecule has 2 heteroatoms. The van der Waals surface area contributed by atoms with E-state index in [-0.39, 0.29) is 0 Å². The van der Waals surface area contributed by atoms with Gasteiger partial charge in [-0.25, -0.2) is 0 Å². The van der Waals surface area contributed by atoms with Crippen LogP contribution in [0.2, 0.25) is 0 Å². The molecule has 21 heavy (non-hydrogen) atoms. The molecule has 3 rings (SSSR count). The first-order valence-corrected chi connectivity index (χ1v) is 9.33. The summed E-state index contributed by atoms with van der Waals surface area (Å²) < 4.78 is 0. The molecule has 0 saturated heterocycles. The second-order valence-electron chi connectivity index (χ2n) is 7.31. The molecule has 1 unspecified atom stereocenters. The molecule has 0 spiro atoms. The lowest BCUT2D eigenvalue weighted by Gasteiger charge is -2.34. The number of hydrogen-bond acceptors (Lipinski definition) is 1. The minimum absolute atomic E-state index is 0.384. The molecule has 1 aliphatic heterocycles. The Kier molecular flexibility index (Phi) is 5.03. The predicted octanol–water partition coefficient (Wildman–Crippen LogP) is 4.98. The van der Waals surface area contributed by atoms with E-state index in [1.807, 2.05) is 0 Å². The number of nitrogens with zero attached hydrogens (tertiary/aromatic N) is 1. The van der Waals surface area contributed by atoms with E-state index >= 15 is 0 Å². The molecular formula is C19H31NO. The molecule has 1 atom stereocenters. The fraction of sp³-hybridized carbons (Fsp3) is 0.842. The molecule has 2 aliphatic carbocycles. The molecule has 0 aromatic rings. The Balaban J connectivity index is 1.76. The lowest BCUT2D eigenvalue weighted by atomic mass is 9.92. The van der Waals surface area contributed by atoms with Gasteiger partial charge in [-0.05, 0) is 51.0 Å². The Hall–Kier alpha value is -0.790. The number of rotatable bonds is 1. The van der Waals surface area contributed by atoms with Gasteiger partial charge in [0.1, 0.15) is 0 Å². The van der Waals surface area contributed by atoms with E-state index in [1.54, 1.807) is 0 Å². The third-order valence-electron chi connectivity index (χ3n) is 5.89. The van der Waals surface area contributed by atoms with Gasteiger partial charge in [0.05, 0.1) is 6.04 Å². The Bertz CT molecular complexity index is 404. The van der Waals surface area contributed by atoms with Crippen LogP contribution >= 0.6 is 0 Å². The van der Waals surface area contributed by atoms with Crippen LogP contribution in [0.15, 0.2) is 11.1 Å². The smallest absolute Gasteiger partial charge is 0.250 e. The van der Waals surface area contributed by atoms with Crippen molar-refractivity contribution >= 4 is 5.91 Å². The van der Waals surface area contributed by atoms with Crippen LogP contribution < -0.4 is 0 Å². The molecule has 0 N–H and O–H groups in total. The normalized spacial score (nSPS) is 29.7. The second-order valence-corrected chi connectivity index (χ2v) is 7.31. The molecule has 0 bridgehead atoms. The summed E-state index contributed by atoms with van der Waals surface area (Å²) in [6.07, 6.45) is 16.6. The van der Waals surface area contributed by atoms with Crippen LogP contribution in [-0.4, -0.2) is 22.9 Å². The van der Waals surface area contributed by atoms with E-state index in [0.717, 1.165) is 6.42 Å².